The number of pyridine rings is 1. The lowest BCUT2D eigenvalue weighted by molar-refractivity contribution is -0.141. The quantitative estimate of drug-likeness (QED) is 0.544. The van der Waals surface area contributed by atoms with E-state index in [1.165, 1.54) is 34.1 Å². The minimum absolute atomic E-state index is 0.00772. The van der Waals surface area contributed by atoms with Crippen LogP contribution in [0.1, 0.15) is 29.9 Å². The van der Waals surface area contributed by atoms with Crippen LogP contribution in [0.5, 0.6) is 0 Å². The number of carbonyl (C=O) groups is 2. The average molecular weight is 409 g/mol. The van der Waals surface area contributed by atoms with E-state index in [0.717, 1.165) is 18.3 Å². The first kappa shape index (κ1) is 20.8. The molecule has 154 valence electrons. The van der Waals surface area contributed by atoms with Gasteiger partial charge in [-0.05, 0) is 30.2 Å². The third-order valence-electron chi connectivity index (χ3n) is 4.83. The lowest BCUT2D eigenvalue weighted by atomic mass is 10.0. The molecule has 2 heterocycles. The van der Waals surface area contributed by atoms with Gasteiger partial charge in [0.1, 0.15) is 11.5 Å². The highest BCUT2D eigenvalue weighted by Crippen LogP contribution is 2.31. The van der Waals surface area contributed by atoms with Gasteiger partial charge in [0.05, 0.1) is 24.5 Å². The van der Waals surface area contributed by atoms with Gasteiger partial charge in [0.15, 0.2) is 5.78 Å². The van der Waals surface area contributed by atoms with Crippen molar-refractivity contribution >= 4 is 17.5 Å². The van der Waals surface area contributed by atoms with Crippen molar-refractivity contribution in [2.45, 2.75) is 26.1 Å². The molecular formula is C20H19F4N3O2. The van der Waals surface area contributed by atoms with Crippen molar-refractivity contribution < 1.29 is 27.2 Å². The van der Waals surface area contributed by atoms with Crippen LogP contribution < -0.4 is 4.90 Å². The van der Waals surface area contributed by atoms with Crippen molar-refractivity contribution in [3.8, 4) is 0 Å². The molecule has 0 N–H and O–H groups in total. The molecule has 9 heteroatoms. The molecular weight excluding hydrogens is 390 g/mol. The molecule has 0 unspecified atom stereocenters. The first-order valence-corrected chi connectivity index (χ1v) is 8.98. The van der Waals surface area contributed by atoms with E-state index in [-0.39, 0.29) is 36.3 Å². The summed E-state index contributed by atoms with van der Waals surface area (Å²) in [4.78, 5) is 31.5. The number of alkyl halides is 3. The van der Waals surface area contributed by atoms with Crippen molar-refractivity contribution in [1.82, 2.24) is 9.88 Å². The molecule has 5 nitrogen and oxygen atoms in total. The second kappa shape index (κ2) is 7.81. The summed E-state index contributed by atoms with van der Waals surface area (Å²) in [5.41, 5.74) is -0.684. The van der Waals surface area contributed by atoms with Gasteiger partial charge in [-0.3, -0.25) is 9.69 Å². The van der Waals surface area contributed by atoms with Crippen LogP contribution in [-0.2, 0) is 6.18 Å². The zero-order valence-corrected chi connectivity index (χ0v) is 15.8. The molecule has 1 aliphatic rings. The first-order chi connectivity index (χ1) is 13.6. The SMILES string of the molecule is CC(C)[C@H]1CN(c2ccc(C(F)(F)F)nc2)C(=O)N1CC(=O)c1cccc(F)c1. The predicted molar refractivity (Wildman–Crippen MR) is 98.0 cm³/mol. The van der Waals surface area contributed by atoms with Gasteiger partial charge < -0.3 is 4.90 Å². The van der Waals surface area contributed by atoms with Crippen LogP contribution in [0.15, 0.2) is 42.6 Å². The predicted octanol–water partition coefficient (Wildman–Crippen LogP) is 4.39. The van der Waals surface area contributed by atoms with Crippen molar-refractivity contribution in [3.63, 3.8) is 0 Å². The normalized spacial score (nSPS) is 17.3. The zero-order chi connectivity index (χ0) is 21.3. The highest BCUT2D eigenvalue weighted by molar-refractivity contribution is 6.02. The third kappa shape index (κ3) is 4.38. The highest BCUT2D eigenvalue weighted by Gasteiger charge is 2.41. The minimum Gasteiger partial charge on any atom is -0.312 e. The van der Waals surface area contributed by atoms with Gasteiger partial charge in [-0.1, -0.05) is 26.0 Å². The standard InChI is InChI=1S/C20H19F4N3O2/c1-12(2)16-10-26(15-6-7-18(25-9-15)20(22,23)24)19(29)27(16)11-17(28)13-4-3-5-14(21)8-13/h3-9,12,16H,10-11H2,1-2H3/t16-/m1/s1. The topological polar surface area (TPSA) is 53.5 Å². The molecule has 0 radical (unpaired) electrons. The van der Waals surface area contributed by atoms with Crippen LogP contribution in [0, 0.1) is 11.7 Å². The molecule has 3 rings (SSSR count). The Hall–Kier alpha value is -2.97. The molecule has 29 heavy (non-hydrogen) atoms. The van der Waals surface area contributed by atoms with E-state index < -0.39 is 29.5 Å². The Balaban J connectivity index is 1.83. The Bertz CT molecular complexity index is 913. The first-order valence-electron chi connectivity index (χ1n) is 8.98. The molecule has 1 atom stereocenters. The Morgan fingerprint density at radius 1 is 1.24 bits per heavy atom. The molecule has 1 saturated heterocycles. The van der Waals surface area contributed by atoms with Gasteiger partial charge in [-0.2, -0.15) is 13.2 Å². The Morgan fingerprint density at radius 2 is 1.97 bits per heavy atom. The summed E-state index contributed by atoms with van der Waals surface area (Å²) in [6, 6.07) is 6.36. The third-order valence-corrected chi connectivity index (χ3v) is 4.83. The molecule has 1 aromatic heterocycles. The molecule has 0 spiro atoms. The zero-order valence-electron chi connectivity index (χ0n) is 15.8. The maximum atomic E-state index is 13.4. The summed E-state index contributed by atoms with van der Waals surface area (Å²) in [6.45, 7) is 3.72. The molecule has 1 aromatic carbocycles. The number of hydrogen-bond acceptors (Lipinski definition) is 3. The number of carbonyl (C=O) groups excluding carboxylic acids is 2. The maximum absolute atomic E-state index is 13.4. The van der Waals surface area contributed by atoms with E-state index >= 15 is 0 Å². The fourth-order valence-corrected chi connectivity index (χ4v) is 3.25. The largest absolute Gasteiger partial charge is 0.433 e. The second-order valence-electron chi connectivity index (χ2n) is 7.17. The molecule has 2 amide bonds. The highest BCUT2D eigenvalue weighted by atomic mass is 19.4. The summed E-state index contributed by atoms with van der Waals surface area (Å²) in [7, 11) is 0. The smallest absolute Gasteiger partial charge is 0.312 e. The maximum Gasteiger partial charge on any atom is 0.433 e. The van der Waals surface area contributed by atoms with Gasteiger partial charge >= 0.3 is 12.2 Å². The molecule has 0 bridgehead atoms. The van der Waals surface area contributed by atoms with E-state index in [2.05, 4.69) is 4.98 Å². The number of Topliss-reactive ketones (excluding diaryl/α,β-unsaturated/α-hetero) is 1. The van der Waals surface area contributed by atoms with E-state index in [0.29, 0.717) is 0 Å². The number of ketones is 1. The Labute approximate surface area is 164 Å². The molecule has 1 fully saturated rings. The van der Waals surface area contributed by atoms with E-state index in [1.54, 1.807) is 0 Å². The van der Waals surface area contributed by atoms with Crippen LogP contribution in [0.4, 0.5) is 28.0 Å². The van der Waals surface area contributed by atoms with Crippen LogP contribution in [0.25, 0.3) is 0 Å². The average Bonchev–Trinajstić information content (AvgIpc) is 2.98. The van der Waals surface area contributed by atoms with Crippen LogP contribution in [0.2, 0.25) is 0 Å². The van der Waals surface area contributed by atoms with Crippen LogP contribution in [-0.4, -0.2) is 40.8 Å². The monoisotopic (exact) mass is 409 g/mol. The van der Waals surface area contributed by atoms with Crippen molar-refractivity contribution in [2.24, 2.45) is 5.92 Å². The summed E-state index contributed by atoms with van der Waals surface area (Å²) < 4.78 is 51.6. The van der Waals surface area contributed by atoms with E-state index in [9.17, 15) is 27.2 Å². The summed E-state index contributed by atoms with van der Waals surface area (Å²) in [5.74, 6) is -0.982. The Morgan fingerprint density at radius 3 is 2.52 bits per heavy atom. The summed E-state index contributed by atoms with van der Waals surface area (Å²) in [5, 5.41) is 0. The minimum atomic E-state index is -4.57. The number of halogens is 4. The molecule has 0 saturated carbocycles. The fraction of sp³-hybridized carbons (Fsp3) is 0.350. The number of urea groups is 1. The van der Waals surface area contributed by atoms with E-state index in [4.69, 9.17) is 0 Å². The van der Waals surface area contributed by atoms with Gasteiger partial charge in [0.2, 0.25) is 0 Å². The number of nitrogens with zero attached hydrogens (tertiary/aromatic N) is 3. The second-order valence-corrected chi connectivity index (χ2v) is 7.17. The molecule has 2 aromatic rings. The van der Waals surface area contributed by atoms with E-state index in [1.807, 2.05) is 13.8 Å². The molecule has 1 aliphatic heterocycles. The van der Waals surface area contributed by atoms with Gasteiger partial charge in [0.25, 0.3) is 0 Å². The molecule has 0 aliphatic carbocycles. The number of benzene rings is 1. The summed E-state index contributed by atoms with van der Waals surface area (Å²) >= 11 is 0. The number of hydrogen-bond donors (Lipinski definition) is 0. The fourth-order valence-electron chi connectivity index (χ4n) is 3.25. The lowest BCUT2D eigenvalue weighted by Crippen LogP contribution is -2.41. The van der Waals surface area contributed by atoms with Crippen LogP contribution in [0.3, 0.4) is 0 Å². The van der Waals surface area contributed by atoms with Crippen molar-refractivity contribution in [3.05, 3.63) is 59.7 Å². The Kier molecular flexibility index (Phi) is 5.59. The van der Waals surface area contributed by atoms with Crippen molar-refractivity contribution in [1.29, 1.82) is 0 Å². The van der Waals surface area contributed by atoms with Crippen LogP contribution >= 0.6 is 0 Å². The van der Waals surface area contributed by atoms with Gasteiger partial charge in [-0.25, -0.2) is 14.2 Å². The number of aromatic nitrogens is 1. The van der Waals surface area contributed by atoms with Crippen molar-refractivity contribution in [2.75, 3.05) is 18.0 Å². The van der Waals surface area contributed by atoms with Gasteiger partial charge in [0, 0.05) is 12.1 Å². The van der Waals surface area contributed by atoms with Gasteiger partial charge in [-0.15, -0.1) is 0 Å². The number of anilines is 1. The number of amides is 2. The summed E-state index contributed by atoms with van der Waals surface area (Å²) in [6.07, 6.45) is -3.58. The lowest BCUT2D eigenvalue weighted by Gasteiger charge is -2.25. The number of rotatable bonds is 5.